The van der Waals surface area contributed by atoms with E-state index in [1.165, 1.54) is 7.11 Å². The van der Waals surface area contributed by atoms with Gasteiger partial charge in [-0.25, -0.2) is 9.98 Å². The SMILES string of the molecule is CCNC(=NCc1cccnc1N1CCC(C(N)=O)CC1)N1CCC(C(=O)OC)CC1.I. The third kappa shape index (κ3) is 6.69. The summed E-state index contributed by atoms with van der Waals surface area (Å²) in [5.41, 5.74) is 6.52. The second-order valence-electron chi connectivity index (χ2n) is 8.10. The first-order valence-corrected chi connectivity index (χ1v) is 11.1. The fourth-order valence-corrected chi connectivity index (χ4v) is 4.29. The van der Waals surface area contributed by atoms with Crippen molar-refractivity contribution >= 4 is 47.6 Å². The van der Waals surface area contributed by atoms with E-state index >= 15 is 0 Å². The van der Waals surface area contributed by atoms with Gasteiger partial charge in [0.25, 0.3) is 0 Å². The van der Waals surface area contributed by atoms with Gasteiger partial charge in [-0.05, 0) is 38.7 Å². The van der Waals surface area contributed by atoms with E-state index in [-0.39, 0.29) is 47.7 Å². The minimum absolute atomic E-state index is 0. The molecule has 9 nitrogen and oxygen atoms in total. The quantitative estimate of drug-likeness (QED) is 0.237. The largest absolute Gasteiger partial charge is 0.469 e. The second kappa shape index (κ2) is 12.8. The van der Waals surface area contributed by atoms with E-state index in [0.717, 1.165) is 75.7 Å². The number of aliphatic imine (C=N–C) groups is 1. The molecule has 3 N–H and O–H groups in total. The highest BCUT2D eigenvalue weighted by Gasteiger charge is 2.27. The number of halogens is 1. The number of amides is 1. The highest BCUT2D eigenvalue weighted by Crippen LogP contribution is 2.25. The van der Waals surface area contributed by atoms with Crippen LogP contribution in [0.1, 0.15) is 38.2 Å². The Bertz CT molecular complexity index is 790. The number of nitrogens with one attached hydrogen (secondary N) is 1. The summed E-state index contributed by atoms with van der Waals surface area (Å²) >= 11 is 0. The number of nitrogens with two attached hydrogens (primary N) is 1. The van der Waals surface area contributed by atoms with Gasteiger partial charge >= 0.3 is 5.97 Å². The molecule has 2 fully saturated rings. The number of carbonyl (C=O) groups is 2. The number of guanidine groups is 1. The summed E-state index contributed by atoms with van der Waals surface area (Å²) in [4.78, 5) is 37.2. The van der Waals surface area contributed by atoms with Crippen molar-refractivity contribution in [2.45, 2.75) is 39.2 Å². The number of piperidine rings is 2. The molecule has 0 bridgehead atoms. The van der Waals surface area contributed by atoms with E-state index in [4.69, 9.17) is 15.5 Å². The van der Waals surface area contributed by atoms with Crippen LogP contribution in [0.2, 0.25) is 0 Å². The van der Waals surface area contributed by atoms with Crippen LogP contribution in [0.15, 0.2) is 23.3 Å². The fourth-order valence-electron chi connectivity index (χ4n) is 4.29. The summed E-state index contributed by atoms with van der Waals surface area (Å²) in [5, 5.41) is 3.37. The lowest BCUT2D eigenvalue weighted by molar-refractivity contribution is -0.146. The van der Waals surface area contributed by atoms with Crippen LogP contribution < -0.4 is 16.0 Å². The van der Waals surface area contributed by atoms with Crippen LogP contribution in [0.3, 0.4) is 0 Å². The van der Waals surface area contributed by atoms with Gasteiger partial charge in [-0.3, -0.25) is 9.59 Å². The van der Waals surface area contributed by atoms with Crippen molar-refractivity contribution in [3.8, 4) is 0 Å². The maximum atomic E-state index is 11.8. The molecule has 10 heteroatoms. The molecule has 178 valence electrons. The number of ether oxygens (including phenoxy) is 1. The Morgan fingerprint density at radius 3 is 2.44 bits per heavy atom. The summed E-state index contributed by atoms with van der Waals surface area (Å²) < 4.78 is 4.89. The van der Waals surface area contributed by atoms with E-state index < -0.39 is 0 Å². The van der Waals surface area contributed by atoms with Crippen molar-refractivity contribution in [2.75, 3.05) is 44.7 Å². The smallest absolute Gasteiger partial charge is 0.308 e. The molecule has 2 aliphatic heterocycles. The Hall–Kier alpha value is -2.11. The van der Waals surface area contributed by atoms with Crippen LogP contribution in [0, 0.1) is 11.8 Å². The van der Waals surface area contributed by atoms with Crippen molar-refractivity contribution in [2.24, 2.45) is 22.6 Å². The normalized spacial score (nSPS) is 18.1. The van der Waals surface area contributed by atoms with E-state index in [1.807, 2.05) is 6.07 Å². The molecule has 2 aliphatic rings. The average molecular weight is 558 g/mol. The van der Waals surface area contributed by atoms with Crippen molar-refractivity contribution < 1.29 is 14.3 Å². The van der Waals surface area contributed by atoms with E-state index in [1.54, 1.807) is 6.20 Å². The number of carbonyl (C=O) groups excluding carboxylic acids is 2. The van der Waals surface area contributed by atoms with E-state index in [2.05, 4.69) is 33.1 Å². The Balaban J connectivity index is 0.00000363. The summed E-state index contributed by atoms with van der Waals surface area (Å²) in [5.74, 6) is 1.37. The molecule has 3 heterocycles. The topological polar surface area (TPSA) is 113 Å². The highest BCUT2D eigenvalue weighted by atomic mass is 127. The van der Waals surface area contributed by atoms with Crippen molar-refractivity contribution in [1.29, 1.82) is 0 Å². The van der Waals surface area contributed by atoms with Gasteiger partial charge in [-0.1, -0.05) is 6.07 Å². The zero-order valence-electron chi connectivity index (χ0n) is 19.0. The van der Waals surface area contributed by atoms with Gasteiger partial charge in [0.05, 0.1) is 19.6 Å². The molecule has 2 saturated heterocycles. The summed E-state index contributed by atoms with van der Waals surface area (Å²) in [7, 11) is 1.45. The number of pyridine rings is 1. The van der Waals surface area contributed by atoms with Crippen molar-refractivity contribution in [3.63, 3.8) is 0 Å². The predicted molar refractivity (Wildman–Crippen MR) is 135 cm³/mol. The lowest BCUT2D eigenvalue weighted by Crippen LogP contribution is -2.46. The number of esters is 1. The third-order valence-electron chi connectivity index (χ3n) is 6.13. The number of anilines is 1. The van der Waals surface area contributed by atoms with Crippen molar-refractivity contribution in [3.05, 3.63) is 23.9 Å². The molecule has 0 aliphatic carbocycles. The molecule has 0 aromatic carbocycles. The van der Waals surface area contributed by atoms with Gasteiger partial charge in [0.15, 0.2) is 5.96 Å². The number of rotatable bonds is 6. The fraction of sp³-hybridized carbons (Fsp3) is 0.636. The van der Waals surface area contributed by atoms with Crippen LogP contribution >= 0.6 is 24.0 Å². The number of primary amides is 1. The summed E-state index contributed by atoms with van der Waals surface area (Å²) in [6, 6.07) is 3.98. The van der Waals surface area contributed by atoms with Crippen LogP contribution in [0.4, 0.5) is 5.82 Å². The summed E-state index contributed by atoms with van der Waals surface area (Å²) in [6.45, 7) is 6.41. The molecule has 32 heavy (non-hydrogen) atoms. The highest BCUT2D eigenvalue weighted by molar-refractivity contribution is 14.0. The molecule has 0 spiro atoms. The third-order valence-corrected chi connectivity index (χ3v) is 6.13. The van der Waals surface area contributed by atoms with Crippen LogP contribution in [-0.2, 0) is 20.9 Å². The number of aromatic nitrogens is 1. The first kappa shape index (κ1) is 26.1. The minimum Gasteiger partial charge on any atom is -0.469 e. The molecule has 3 rings (SSSR count). The summed E-state index contributed by atoms with van der Waals surface area (Å²) in [6.07, 6.45) is 4.85. The van der Waals surface area contributed by atoms with Crippen LogP contribution in [-0.4, -0.2) is 67.6 Å². The molecule has 1 aromatic heterocycles. The number of hydrogen-bond donors (Lipinski definition) is 2. The first-order chi connectivity index (χ1) is 15.0. The molecular weight excluding hydrogens is 523 g/mol. The van der Waals surface area contributed by atoms with Gasteiger partial charge in [0.1, 0.15) is 5.82 Å². The lowest BCUT2D eigenvalue weighted by Gasteiger charge is -2.33. The number of likely N-dealkylation sites (tertiary alicyclic amines) is 1. The van der Waals surface area contributed by atoms with Gasteiger partial charge in [-0.15, -0.1) is 24.0 Å². The van der Waals surface area contributed by atoms with Crippen LogP contribution in [0.25, 0.3) is 0 Å². The number of hydrogen-bond acceptors (Lipinski definition) is 6. The van der Waals surface area contributed by atoms with Gasteiger partial charge in [-0.2, -0.15) is 0 Å². The molecule has 1 aromatic rings. The standard InChI is InChI=1S/C22H34N6O3.HI/c1-3-24-22(28-13-8-17(9-14-28)21(30)31-2)26-15-18-5-4-10-25-20(18)27-11-6-16(7-12-27)19(23)29;/h4-5,10,16-17H,3,6-9,11-15H2,1-2H3,(H2,23,29)(H,24,26);1H. The maximum Gasteiger partial charge on any atom is 0.308 e. The zero-order valence-corrected chi connectivity index (χ0v) is 21.3. The Kier molecular flexibility index (Phi) is 10.5. The second-order valence-corrected chi connectivity index (χ2v) is 8.10. The average Bonchev–Trinajstić information content (AvgIpc) is 2.81. The van der Waals surface area contributed by atoms with Gasteiger partial charge in [0.2, 0.25) is 5.91 Å². The Morgan fingerprint density at radius 2 is 1.84 bits per heavy atom. The van der Waals surface area contributed by atoms with E-state index in [9.17, 15) is 9.59 Å². The number of methoxy groups -OCH3 is 1. The molecule has 0 radical (unpaired) electrons. The van der Waals surface area contributed by atoms with Crippen LogP contribution in [0.5, 0.6) is 0 Å². The zero-order chi connectivity index (χ0) is 22.2. The van der Waals surface area contributed by atoms with E-state index in [0.29, 0.717) is 6.54 Å². The maximum absolute atomic E-state index is 11.8. The van der Waals surface area contributed by atoms with Gasteiger partial charge in [0, 0.05) is 50.4 Å². The lowest BCUT2D eigenvalue weighted by atomic mass is 9.96. The molecule has 0 unspecified atom stereocenters. The predicted octanol–water partition coefficient (Wildman–Crippen LogP) is 1.75. The number of nitrogens with zero attached hydrogens (tertiary/aromatic N) is 4. The first-order valence-electron chi connectivity index (χ1n) is 11.1. The minimum atomic E-state index is -0.211. The molecule has 0 atom stereocenters. The monoisotopic (exact) mass is 558 g/mol. The van der Waals surface area contributed by atoms with Gasteiger partial charge < -0.3 is 25.6 Å². The molecule has 0 saturated carbocycles. The Labute approximate surface area is 207 Å². The Morgan fingerprint density at radius 1 is 1.19 bits per heavy atom. The molecular formula is C22H35IN6O3. The van der Waals surface area contributed by atoms with Crippen molar-refractivity contribution in [1.82, 2.24) is 15.2 Å². The molecule has 1 amide bonds.